The Morgan fingerprint density at radius 3 is 1.89 bits per heavy atom. The molecule has 0 N–H and O–H groups in total. The van der Waals surface area contributed by atoms with Gasteiger partial charge < -0.3 is 4.90 Å². The summed E-state index contributed by atoms with van der Waals surface area (Å²) in [4.78, 5) is 2.61. The van der Waals surface area contributed by atoms with Crippen LogP contribution in [0.2, 0.25) is 0 Å². The molecule has 0 aliphatic heterocycles. The van der Waals surface area contributed by atoms with Crippen molar-refractivity contribution < 1.29 is 0 Å². The van der Waals surface area contributed by atoms with Crippen molar-refractivity contribution in [1.29, 1.82) is 0 Å². The van der Waals surface area contributed by atoms with E-state index in [4.69, 9.17) is 0 Å². The number of benzene rings is 7. The molecule has 0 saturated heterocycles. The SMILES string of the molecule is C1=CC2=C(c3cccc4c3-c3ccccc3-c3cccc-4c32)C(N(c2ccccc2)c2ccccc2-c2ccc3ccccc3c2)C1. The number of hydrogen-bond donors (Lipinski definition) is 0. The average Bonchev–Trinajstić information content (AvgIpc) is 3.25. The summed E-state index contributed by atoms with van der Waals surface area (Å²) in [5.74, 6) is 0. The lowest BCUT2D eigenvalue weighted by atomic mass is 9.78. The number of rotatable bonds is 4. The second-order valence-corrected chi connectivity index (χ2v) is 12.8. The Morgan fingerprint density at radius 1 is 0.447 bits per heavy atom. The van der Waals surface area contributed by atoms with E-state index in [0.717, 1.165) is 6.42 Å². The largest absolute Gasteiger partial charge is 0.333 e. The number of anilines is 2. The minimum absolute atomic E-state index is 0.0808. The molecule has 1 atom stereocenters. The Morgan fingerprint density at radius 2 is 1.06 bits per heavy atom. The maximum Gasteiger partial charge on any atom is 0.0638 e. The standard InChI is InChI=1S/C46H31N/c1-2-15-33(16-3-1)47(42-25-9-8-17-34(42)32-28-27-30-13-4-5-14-31(30)29-32)43-26-12-24-41-45-37-20-10-21-38(45)39-22-11-23-40(46(41)43)44(39)36-19-7-6-18-35(36)37/h1-25,27-29,43H,26H2. The molecule has 1 heteroatoms. The highest BCUT2D eigenvalue weighted by Crippen LogP contribution is 2.57. The zero-order chi connectivity index (χ0) is 30.9. The molecule has 1 unspecified atom stereocenters. The molecule has 47 heavy (non-hydrogen) atoms. The summed E-state index contributed by atoms with van der Waals surface area (Å²) in [6.45, 7) is 0. The summed E-state index contributed by atoms with van der Waals surface area (Å²) < 4.78 is 0. The van der Waals surface area contributed by atoms with Crippen LogP contribution in [0.4, 0.5) is 11.4 Å². The lowest BCUT2D eigenvalue weighted by Crippen LogP contribution is -2.34. The van der Waals surface area contributed by atoms with Gasteiger partial charge in [0.1, 0.15) is 0 Å². The smallest absolute Gasteiger partial charge is 0.0638 e. The van der Waals surface area contributed by atoms with Gasteiger partial charge in [0, 0.05) is 16.9 Å². The van der Waals surface area contributed by atoms with E-state index in [9.17, 15) is 0 Å². The first-order chi connectivity index (χ1) is 23.3. The molecular weight excluding hydrogens is 567 g/mol. The Kier molecular flexibility index (Phi) is 5.77. The number of nitrogens with zero attached hydrogens (tertiary/aromatic N) is 1. The number of hydrogen-bond acceptors (Lipinski definition) is 1. The first-order valence-corrected chi connectivity index (χ1v) is 16.6. The predicted octanol–water partition coefficient (Wildman–Crippen LogP) is 12.2. The molecule has 0 fully saturated rings. The van der Waals surface area contributed by atoms with Crippen LogP contribution < -0.4 is 4.90 Å². The zero-order valence-corrected chi connectivity index (χ0v) is 25.9. The van der Waals surface area contributed by atoms with Gasteiger partial charge in [-0.2, -0.15) is 0 Å². The lowest BCUT2D eigenvalue weighted by Gasteiger charge is -2.39. The third-order valence-corrected chi connectivity index (χ3v) is 10.3. The maximum atomic E-state index is 2.61. The Bertz CT molecular complexity index is 2440. The van der Waals surface area contributed by atoms with Crippen molar-refractivity contribution >= 4 is 33.3 Å². The van der Waals surface area contributed by atoms with E-state index >= 15 is 0 Å². The molecule has 3 aliphatic rings. The molecule has 0 heterocycles. The van der Waals surface area contributed by atoms with Gasteiger partial charge >= 0.3 is 0 Å². The van der Waals surface area contributed by atoms with Crippen molar-refractivity contribution in [2.24, 2.45) is 0 Å². The van der Waals surface area contributed by atoms with Crippen molar-refractivity contribution in [3.05, 3.63) is 181 Å². The molecule has 220 valence electrons. The Labute approximate surface area is 275 Å². The van der Waals surface area contributed by atoms with Crippen LogP contribution in [-0.4, -0.2) is 6.04 Å². The minimum Gasteiger partial charge on any atom is -0.333 e. The fraction of sp³-hybridized carbons (Fsp3) is 0.0435. The van der Waals surface area contributed by atoms with Gasteiger partial charge in [0.15, 0.2) is 0 Å². The predicted molar refractivity (Wildman–Crippen MR) is 199 cm³/mol. The van der Waals surface area contributed by atoms with Crippen molar-refractivity contribution in [2.45, 2.75) is 12.5 Å². The van der Waals surface area contributed by atoms with Gasteiger partial charge in [0.2, 0.25) is 0 Å². The van der Waals surface area contributed by atoms with Gasteiger partial charge in [-0.1, -0.05) is 146 Å². The second-order valence-electron chi connectivity index (χ2n) is 12.8. The normalized spacial score (nSPS) is 15.2. The van der Waals surface area contributed by atoms with E-state index in [-0.39, 0.29) is 6.04 Å². The third kappa shape index (κ3) is 3.90. The van der Waals surface area contributed by atoms with Crippen molar-refractivity contribution in [3.63, 3.8) is 0 Å². The maximum absolute atomic E-state index is 2.61. The average molecular weight is 598 g/mol. The summed E-state index contributed by atoms with van der Waals surface area (Å²) in [6.07, 6.45) is 5.71. The fourth-order valence-electron chi connectivity index (χ4n) is 8.36. The molecule has 10 rings (SSSR count). The van der Waals surface area contributed by atoms with Crippen LogP contribution in [0, 0.1) is 0 Å². The van der Waals surface area contributed by atoms with Gasteiger partial charge in [-0.3, -0.25) is 0 Å². The Hall–Kier alpha value is -5.92. The van der Waals surface area contributed by atoms with Crippen LogP contribution in [0.3, 0.4) is 0 Å². The molecule has 0 saturated carbocycles. The zero-order valence-electron chi connectivity index (χ0n) is 25.9. The summed E-state index contributed by atoms with van der Waals surface area (Å²) in [5, 5.41) is 2.52. The van der Waals surface area contributed by atoms with Crippen LogP contribution in [0.15, 0.2) is 170 Å². The first-order valence-electron chi connectivity index (χ1n) is 16.6. The topological polar surface area (TPSA) is 3.24 Å². The number of para-hydroxylation sites is 2. The van der Waals surface area contributed by atoms with Gasteiger partial charge in [0.25, 0.3) is 0 Å². The van der Waals surface area contributed by atoms with E-state index in [1.165, 1.54) is 88.9 Å². The summed E-state index contributed by atoms with van der Waals surface area (Å²) in [7, 11) is 0. The van der Waals surface area contributed by atoms with Crippen LogP contribution in [0.25, 0.3) is 66.4 Å². The first kappa shape index (κ1) is 26.3. The van der Waals surface area contributed by atoms with E-state index in [1.807, 2.05) is 0 Å². The molecule has 0 amide bonds. The summed E-state index contributed by atoms with van der Waals surface area (Å²) in [6, 6.07) is 58.4. The van der Waals surface area contributed by atoms with Gasteiger partial charge in [-0.25, -0.2) is 0 Å². The fourth-order valence-corrected chi connectivity index (χ4v) is 8.36. The van der Waals surface area contributed by atoms with Gasteiger partial charge in [-0.15, -0.1) is 0 Å². The van der Waals surface area contributed by atoms with E-state index in [1.54, 1.807) is 0 Å². The lowest BCUT2D eigenvalue weighted by molar-refractivity contribution is 0.805. The van der Waals surface area contributed by atoms with E-state index < -0.39 is 0 Å². The molecule has 7 aromatic carbocycles. The molecule has 0 spiro atoms. The molecule has 7 aromatic rings. The van der Waals surface area contributed by atoms with Crippen LogP contribution in [-0.2, 0) is 0 Å². The van der Waals surface area contributed by atoms with Crippen LogP contribution in [0.5, 0.6) is 0 Å². The second kappa shape index (κ2) is 10.3. The van der Waals surface area contributed by atoms with Gasteiger partial charge in [0.05, 0.1) is 6.04 Å². The Balaban J connectivity index is 1.26. The third-order valence-electron chi connectivity index (χ3n) is 10.3. The van der Waals surface area contributed by atoms with Crippen molar-refractivity contribution in [2.75, 3.05) is 4.90 Å². The van der Waals surface area contributed by atoms with E-state index in [0.29, 0.717) is 0 Å². The van der Waals surface area contributed by atoms with E-state index in [2.05, 4.69) is 175 Å². The summed E-state index contributed by atoms with van der Waals surface area (Å²) in [5.41, 5.74) is 18.3. The van der Waals surface area contributed by atoms with Crippen LogP contribution >= 0.6 is 0 Å². The minimum atomic E-state index is 0.0808. The van der Waals surface area contributed by atoms with Crippen molar-refractivity contribution in [1.82, 2.24) is 0 Å². The monoisotopic (exact) mass is 597 g/mol. The molecule has 0 radical (unpaired) electrons. The highest BCUT2D eigenvalue weighted by molar-refractivity contribution is 6.17. The number of allylic oxidation sites excluding steroid dienone is 2. The van der Waals surface area contributed by atoms with Gasteiger partial charge in [-0.05, 0) is 103 Å². The molecular formula is C46H31N. The number of fused-ring (bicyclic) bond motifs is 4. The van der Waals surface area contributed by atoms with Crippen molar-refractivity contribution in [3.8, 4) is 44.5 Å². The molecule has 3 aliphatic carbocycles. The molecule has 6 bridgehead atoms. The summed E-state index contributed by atoms with van der Waals surface area (Å²) >= 11 is 0. The highest BCUT2D eigenvalue weighted by Gasteiger charge is 2.37. The molecule has 0 aromatic heterocycles. The quantitative estimate of drug-likeness (QED) is 0.195. The van der Waals surface area contributed by atoms with Crippen LogP contribution in [0.1, 0.15) is 17.5 Å². The molecule has 1 nitrogen and oxygen atoms in total. The highest BCUT2D eigenvalue weighted by atomic mass is 15.2.